The van der Waals surface area contributed by atoms with Crippen LogP contribution in [-0.4, -0.2) is 29.7 Å². The van der Waals surface area contributed by atoms with Crippen molar-refractivity contribution in [1.29, 1.82) is 5.26 Å². The molecule has 0 aliphatic rings. The maximum Gasteiger partial charge on any atom is 0.163 e. The maximum atomic E-state index is 10.3. The van der Waals surface area contributed by atoms with E-state index in [4.69, 9.17) is 4.74 Å². The largest absolute Gasteiger partial charge is 0.504 e. The number of aromatic hydroxyl groups is 1. The number of rotatable bonds is 8. The summed E-state index contributed by atoms with van der Waals surface area (Å²) in [7, 11) is 0. The molecule has 0 fully saturated rings. The molecule has 0 radical (unpaired) electrons. The monoisotopic (exact) mass is 276 g/mol. The van der Waals surface area contributed by atoms with Crippen LogP contribution in [0.1, 0.15) is 45.2 Å². The molecule has 0 amide bonds. The highest BCUT2D eigenvalue weighted by atomic mass is 16.5. The summed E-state index contributed by atoms with van der Waals surface area (Å²) < 4.78 is 5.39. The van der Waals surface area contributed by atoms with Crippen molar-refractivity contribution >= 4 is 0 Å². The van der Waals surface area contributed by atoms with Gasteiger partial charge in [-0.25, -0.2) is 0 Å². The molecule has 4 nitrogen and oxygen atoms in total. The molecule has 0 heterocycles. The van der Waals surface area contributed by atoms with Crippen LogP contribution in [0, 0.1) is 11.3 Å². The van der Waals surface area contributed by atoms with Crippen molar-refractivity contribution in [2.75, 3.05) is 19.7 Å². The quantitative estimate of drug-likeness (QED) is 0.789. The molecule has 1 rings (SSSR count). The highest BCUT2D eigenvalue weighted by molar-refractivity contribution is 5.48. The molecule has 20 heavy (non-hydrogen) atoms. The van der Waals surface area contributed by atoms with Crippen LogP contribution in [-0.2, 0) is 0 Å². The van der Waals surface area contributed by atoms with Crippen LogP contribution in [0.4, 0.5) is 0 Å². The van der Waals surface area contributed by atoms with E-state index in [0.29, 0.717) is 17.9 Å². The number of nitriles is 1. The molecule has 1 N–H and O–H groups in total. The number of hydrogen-bond acceptors (Lipinski definition) is 4. The number of benzene rings is 1. The molecule has 4 heteroatoms. The van der Waals surface area contributed by atoms with Crippen molar-refractivity contribution in [3.8, 4) is 17.6 Å². The third-order valence-corrected chi connectivity index (χ3v) is 3.13. The average Bonchev–Trinajstić information content (AvgIpc) is 2.44. The zero-order chi connectivity index (χ0) is 15.0. The van der Waals surface area contributed by atoms with Crippen molar-refractivity contribution in [1.82, 2.24) is 4.90 Å². The Labute approximate surface area is 121 Å². The first-order valence-corrected chi connectivity index (χ1v) is 7.27. The number of para-hydroxylation sites is 1. The van der Waals surface area contributed by atoms with Crippen LogP contribution in [0.2, 0.25) is 0 Å². The van der Waals surface area contributed by atoms with E-state index < -0.39 is 6.04 Å². The number of hydrogen-bond donors (Lipinski definition) is 1. The summed E-state index contributed by atoms with van der Waals surface area (Å²) in [5.74, 6) is 0.524. The van der Waals surface area contributed by atoms with Crippen LogP contribution >= 0.6 is 0 Å². The molecule has 110 valence electrons. The average molecular weight is 276 g/mol. The van der Waals surface area contributed by atoms with Gasteiger partial charge in [-0.2, -0.15) is 5.26 Å². The van der Waals surface area contributed by atoms with Gasteiger partial charge >= 0.3 is 0 Å². The zero-order valence-electron chi connectivity index (χ0n) is 12.6. The number of phenols is 1. The zero-order valence-corrected chi connectivity index (χ0v) is 12.6. The minimum absolute atomic E-state index is 0.0816. The summed E-state index contributed by atoms with van der Waals surface area (Å²) in [6.45, 7) is 8.21. The van der Waals surface area contributed by atoms with Gasteiger partial charge in [0.2, 0.25) is 0 Å². The van der Waals surface area contributed by atoms with E-state index >= 15 is 0 Å². The molecular formula is C16H24N2O2. The third kappa shape index (κ3) is 3.88. The Morgan fingerprint density at radius 3 is 2.40 bits per heavy atom. The molecule has 1 aromatic rings. The van der Waals surface area contributed by atoms with E-state index in [0.717, 1.165) is 25.9 Å². The van der Waals surface area contributed by atoms with Gasteiger partial charge in [-0.15, -0.1) is 0 Å². The van der Waals surface area contributed by atoms with E-state index in [1.165, 1.54) is 0 Å². The standard InChI is InChI=1S/C16H24N2O2/c1-4-10-18(11-5-2)14(12-17)13-8-7-9-15(16(13)19)20-6-3/h7-9,14,19H,4-6,10-11H2,1-3H3. The van der Waals surface area contributed by atoms with Gasteiger partial charge < -0.3 is 9.84 Å². The highest BCUT2D eigenvalue weighted by Gasteiger charge is 2.23. The van der Waals surface area contributed by atoms with E-state index in [2.05, 4.69) is 24.8 Å². The van der Waals surface area contributed by atoms with Gasteiger partial charge in [0.15, 0.2) is 11.5 Å². The molecule has 0 saturated heterocycles. The third-order valence-electron chi connectivity index (χ3n) is 3.13. The number of phenolic OH excluding ortho intramolecular Hbond substituents is 1. The van der Waals surface area contributed by atoms with E-state index in [-0.39, 0.29) is 5.75 Å². The van der Waals surface area contributed by atoms with Crippen molar-refractivity contribution in [2.24, 2.45) is 0 Å². The van der Waals surface area contributed by atoms with Gasteiger partial charge in [-0.05, 0) is 38.9 Å². The second-order valence-electron chi connectivity index (χ2n) is 4.69. The molecule has 1 aromatic carbocycles. The lowest BCUT2D eigenvalue weighted by Crippen LogP contribution is -2.29. The van der Waals surface area contributed by atoms with Gasteiger partial charge in [0.05, 0.1) is 12.7 Å². The van der Waals surface area contributed by atoms with Crippen LogP contribution < -0.4 is 4.74 Å². The Balaban J connectivity index is 3.10. The van der Waals surface area contributed by atoms with Crippen molar-refractivity contribution in [3.63, 3.8) is 0 Å². The predicted octanol–water partition coefficient (Wildman–Crippen LogP) is 3.48. The van der Waals surface area contributed by atoms with Crippen molar-refractivity contribution < 1.29 is 9.84 Å². The minimum atomic E-state index is -0.435. The van der Waals surface area contributed by atoms with Crippen molar-refractivity contribution in [3.05, 3.63) is 23.8 Å². The smallest absolute Gasteiger partial charge is 0.163 e. The normalized spacial score (nSPS) is 12.2. The Morgan fingerprint density at radius 2 is 1.90 bits per heavy atom. The molecule has 0 spiro atoms. The second kappa shape index (κ2) is 8.44. The first-order valence-electron chi connectivity index (χ1n) is 7.27. The Hall–Kier alpha value is -1.73. The lowest BCUT2D eigenvalue weighted by molar-refractivity contribution is 0.231. The van der Waals surface area contributed by atoms with Crippen LogP contribution in [0.15, 0.2) is 18.2 Å². The predicted molar refractivity (Wildman–Crippen MR) is 79.8 cm³/mol. The Morgan fingerprint density at radius 1 is 1.25 bits per heavy atom. The van der Waals surface area contributed by atoms with E-state index in [1.54, 1.807) is 12.1 Å². The fourth-order valence-corrected chi connectivity index (χ4v) is 2.32. The molecule has 0 aliphatic carbocycles. The first-order chi connectivity index (χ1) is 9.69. The summed E-state index contributed by atoms with van der Waals surface area (Å²) in [6, 6.07) is 7.21. The van der Waals surface area contributed by atoms with E-state index in [9.17, 15) is 10.4 Å². The van der Waals surface area contributed by atoms with Gasteiger partial charge in [0.25, 0.3) is 0 Å². The Bertz CT molecular complexity index is 448. The summed E-state index contributed by atoms with van der Waals surface area (Å²) in [4.78, 5) is 2.10. The van der Waals surface area contributed by atoms with Crippen molar-refractivity contribution in [2.45, 2.75) is 39.7 Å². The van der Waals surface area contributed by atoms with Gasteiger partial charge in [0.1, 0.15) is 6.04 Å². The van der Waals surface area contributed by atoms with Gasteiger partial charge in [0, 0.05) is 5.56 Å². The topological polar surface area (TPSA) is 56.5 Å². The fourth-order valence-electron chi connectivity index (χ4n) is 2.32. The first kappa shape index (κ1) is 16.3. The molecule has 1 atom stereocenters. The van der Waals surface area contributed by atoms with Crippen LogP contribution in [0.5, 0.6) is 11.5 Å². The summed E-state index contributed by atoms with van der Waals surface area (Å²) >= 11 is 0. The van der Waals surface area contributed by atoms with E-state index in [1.807, 2.05) is 13.0 Å². The summed E-state index contributed by atoms with van der Waals surface area (Å²) in [5.41, 5.74) is 0.625. The molecular weight excluding hydrogens is 252 g/mol. The highest BCUT2D eigenvalue weighted by Crippen LogP contribution is 2.36. The van der Waals surface area contributed by atoms with Crippen LogP contribution in [0.3, 0.4) is 0 Å². The summed E-state index contributed by atoms with van der Waals surface area (Å²) in [5, 5.41) is 19.8. The number of ether oxygens (including phenoxy) is 1. The molecule has 1 unspecified atom stereocenters. The second-order valence-corrected chi connectivity index (χ2v) is 4.69. The lowest BCUT2D eigenvalue weighted by Gasteiger charge is -2.27. The van der Waals surface area contributed by atoms with Gasteiger partial charge in [-0.3, -0.25) is 4.90 Å². The van der Waals surface area contributed by atoms with Crippen LogP contribution in [0.25, 0.3) is 0 Å². The molecule has 0 saturated carbocycles. The van der Waals surface area contributed by atoms with Gasteiger partial charge in [-0.1, -0.05) is 26.0 Å². The molecule has 0 aliphatic heterocycles. The SMILES string of the molecule is CCCN(CCC)C(C#N)c1cccc(OCC)c1O. The Kier molecular flexibility index (Phi) is 6.89. The summed E-state index contributed by atoms with van der Waals surface area (Å²) in [6.07, 6.45) is 1.95. The molecule has 0 bridgehead atoms. The number of nitrogens with zero attached hydrogens (tertiary/aromatic N) is 2. The minimum Gasteiger partial charge on any atom is -0.504 e. The fraction of sp³-hybridized carbons (Fsp3) is 0.562. The lowest BCUT2D eigenvalue weighted by atomic mass is 10.0. The maximum absolute atomic E-state index is 10.3. The molecule has 0 aromatic heterocycles.